The molecular formula is C30H31FN2O6-2. The fourth-order valence-electron chi connectivity index (χ4n) is 4.43. The maximum Gasteiger partial charge on any atom is 0.127 e. The molecule has 0 amide bonds. The van der Waals surface area contributed by atoms with Crippen LogP contribution < -0.4 is 19.7 Å². The molecule has 1 aliphatic heterocycles. The first-order chi connectivity index (χ1) is 18.8. The largest absolute Gasteiger partial charge is 0.545 e. The van der Waals surface area contributed by atoms with Crippen LogP contribution in [0.15, 0.2) is 84.9 Å². The van der Waals surface area contributed by atoms with E-state index in [4.69, 9.17) is 9.47 Å². The number of halogens is 1. The van der Waals surface area contributed by atoms with Crippen molar-refractivity contribution in [2.45, 2.75) is 12.6 Å². The van der Waals surface area contributed by atoms with E-state index in [2.05, 4.69) is 40.1 Å². The summed E-state index contributed by atoms with van der Waals surface area (Å²) < 4.78 is 24.4. The molecule has 3 aromatic carbocycles. The molecule has 206 valence electrons. The standard InChI is InChI=1S/C26H29FN2O2.C4H4O4/c1-30-24-13-10-22(25(18-24)31-2)19-28-14-16-29(17-15-28)26(20-6-4-3-5-7-20)21-8-11-23(27)12-9-21;5-3(6)1-2-4(7)8/h3-13,18,26H,14-17,19H2,1-2H3;1-2H,(H,5,6)(H,7,8)/p-2. The second-order valence-electron chi connectivity index (χ2n) is 8.83. The average Bonchev–Trinajstić information content (AvgIpc) is 2.95. The first-order valence-corrected chi connectivity index (χ1v) is 12.4. The number of carboxylic acids is 2. The SMILES string of the molecule is COc1ccc(CN2CCN(C(c3ccccc3)c3ccc(F)cc3)CC2)c(OC)c1.O=C([O-])C=CC(=O)[O-]. The minimum atomic E-state index is -1.55. The Morgan fingerprint density at radius 2 is 1.44 bits per heavy atom. The van der Waals surface area contributed by atoms with Crippen LogP contribution in [-0.2, 0) is 16.1 Å². The van der Waals surface area contributed by atoms with Gasteiger partial charge in [0.25, 0.3) is 0 Å². The Bertz CT molecular complexity index is 1230. The number of nitrogens with zero attached hydrogens (tertiary/aromatic N) is 2. The van der Waals surface area contributed by atoms with Crippen LogP contribution in [0.2, 0.25) is 0 Å². The number of aliphatic carboxylic acids is 2. The van der Waals surface area contributed by atoms with Gasteiger partial charge in [-0.05, 0) is 41.5 Å². The molecule has 1 fully saturated rings. The van der Waals surface area contributed by atoms with Crippen molar-refractivity contribution in [1.82, 2.24) is 9.80 Å². The van der Waals surface area contributed by atoms with Gasteiger partial charge in [-0.1, -0.05) is 48.5 Å². The van der Waals surface area contributed by atoms with Crippen LogP contribution in [0.4, 0.5) is 4.39 Å². The fourth-order valence-corrected chi connectivity index (χ4v) is 4.43. The summed E-state index contributed by atoms with van der Waals surface area (Å²) in [6.07, 6.45) is 0.769. The molecule has 0 radical (unpaired) electrons. The minimum Gasteiger partial charge on any atom is -0.545 e. The van der Waals surface area contributed by atoms with E-state index in [9.17, 15) is 24.2 Å². The molecule has 1 unspecified atom stereocenters. The summed E-state index contributed by atoms with van der Waals surface area (Å²) in [5.74, 6) is -1.64. The van der Waals surface area contributed by atoms with Gasteiger partial charge in [-0.2, -0.15) is 0 Å². The summed E-state index contributed by atoms with van der Waals surface area (Å²) >= 11 is 0. The van der Waals surface area contributed by atoms with Crippen molar-refractivity contribution in [2.75, 3.05) is 40.4 Å². The van der Waals surface area contributed by atoms with Crippen molar-refractivity contribution in [3.63, 3.8) is 0 Å². The van der Waals surface area contributed by atoms with E-state index in [1.54, 1.807) is 26.4 Å². The highest BCUT2D eigenvalue weighted by Gasteiger charge is 2.26. The molecule has 0 N–H and O–H groups in total. The van der Waals surface area contributed by atoms with Crippen LogP contribution in [0.1, 0.15) is 22.7 Å². The topological polar surface area (TPSA) is 105 Å². The van der Waals surface area contributed by atoms with Crippen LogP contribution >= 0.6 is 0 Å². The van der Waals surface area contributed by atoms with Gasteiger partial charge in [0, 0.05) is 44.4 Å². The highest BCUT2D eigenvalue weighted by molar-refractivity contribution is 5.87. The van der Waals surface area contributed by atoms with Gasteiger partial charge in [-0.25, -0.2) is 4.39 Å². The Labute approximate surface area is 227 Å². The van der Waals surface area contributed by atoms with Crippen molar-refractivity contribution < 1.29 is 33.7 Å². The Balaban J connectivity index is 0.000000459. The molecular weight excluding hydrogens is 503 g/mol. The normalized spacial score (nSPS) is 14.7. The lowest BCUT2D eigenvalue weighted by Gasteiger charge is -2.40. The third-order valence-corrected chi connectivity index (χ3v) is 6.32. The Morgan fingerprint density at radius 1 is 0.846 bits per heavy atom. The number of carbonyl (C=O) groups is 2. The fraction of sp³-hybridized carbons (Fsp3) is 0.267. The molecule has 0 aromatic heterocycles. The van der Waals surface area contributed by atoms with E-state index in [0.29, 0.717) is 12.2 Å². The molecule has 3 aromatic rings. The number of carboxylic acid groups (broad SMARTS) is 2. The van der Waals surface area contributed by atoms with Crippen molar-refractivity contribution in [1.29, 1.82) is 0 Å². The Morgan fingerprint density at radius 3 is 1.97 bits per heavy atom. The first-order valence-electron chi connectivity index (χ1n) is 12.4. The monoisotopic (exact) mass is 534 g/mol. The summed E-state index contributed by atoms with van der Waals surface area (Å²) in [6, 6.07) is 23.5. The number of carbonyl (C=O) groups excluding carboxylic acids is 2. The predicted molar refractivity (Wildman–Crippen MR) is 140 cm³/mol. The van der Waals surface area contributed by atoms with Gasteiger partial charge in [-0.3, -0.25) is 9.80 Å². The summed E-state index contributed by atoms with van der Waals surface area (Å²) in [7, 11) is 3.36. The molecule has 1 aliphatic rings. The van der Waals surface area contributed by atoms with Crippen LogP contribution in [0.5, 0.6) is 11.5 Å². The average molecular weight is 535 g/mol. The maximum atomic E-state index is 13.5. The van der Waals surface area contributed by atoms with Crippen molar-refractivity contribution in [3.8, 4) is 11.5 Å². The molecule has 39 heavy (non-hydrogen) atoms. The zero-order valence-electron chi connectivity index (χ0n) is 21.9. The summed E-state index contributed by atoms with van der Waals surface area (Å²) in [5.41, 5.74) is 3.52. The molecule has 1 saturated heterocycles. The summed E-state index contributed by atoms with van der Waals surface area (Å²) in [4.78, 5) is 23.8. The molecule has 0 spiro atoms. The third kappa shape index (κ3) is 8.94. The van der Waals surface area contributed by atoms with E-state index in [1.165, 1.54) is 5.56 Å². The van der Waals surface area contributed by atoms with Gasteiger partial charge < -0.3 is 29.3 Å². The molecule has 8 nitrogen and oxygen atoms in total. The van der Waals surface area contributed by atoms with Crippen molar-refractivity contribution in [2.24, 2.45) is 0 Å². The van der Waals surface area contributed by atoms with Crippen LogP contribution in [-0.4, -0.2) is 62.1 Å². The number of ether oxygens (including phenoxy) is 2. The zero-order chi connectivity index (χ0) is 28.2. The summed E-state index contributed by atoms with van der Waals surface area (Å²) in [5, 5.41) is 18.8. The molecule has 0 bridgehead atoms. The molecule has 9 heteroatoms. The molecule has 0 saturated carbocycles. The number of hydrogen-bond donors (Lipinski definition) is 0. The van der Waals surface area contributed by atoms with Crippen molar-refractivity contribution in [3.05, 3.63) is 107 Å². The van der Waals surface area contributed by atoms with Crippen LogP contribution in [0.3, 0.4) is 0 Å². The van der Waals surface area contributed by atoms with Crippen LogP contribution in [0, 0.1) is 5.82 Å². The summed E-state index contributed by atoms with van der Waals surface area (Å²) in [6.45, 7) is 4.64. The van der Waals surface area contributed by atoms with E-state index in [1.807, 2.05) is 30.3 Å². The maximum absolute atomic E-state index is 13.5. The Kier molecular flexibility index (Phi) is 11.0. The number of hydrogen-bond acceptors (Lipinski definition) is 8. The van der Waals surface area contributed by atoms with Crippen molar-refractivity contribution >= 4 is 11.9 Å². The second kappa shape index (κ2) is 14.7. The zero-order valence-corrected chi connectivity index (χ0v) is 21.9. The molecule has 1 atom stereocenters. The van der Waals surface area contributed by atoms with Gasteiger partial charge in [0.1, 0.15) is 17.3 Å². The number of rotatable bonds is 9. The van der Waals surface area contributed by atoms with Gasteiger partial charge in [0.15, 0.2) is 0 Å². The molecule has 4 rings (SSSR count). The highest BCUT2D eigenvalue weighted by Crippen LogP contribution is 2.31. The number of methoxy groups -OCH3 is 2. The lowest BCUT2D eigenvalue weighted by molar-refractivity contribution is -0.301. The minimum absolute atomic E-state index is 0.125. The first kappa shape index (κ1) is 29.3. The van der Waals surface area contributed by atoms with Gasteiger partial charge in [-0.15, -0.1) is 0 Å². The van der Waals surface area contributed by atoms with E-state index in [0.717, 1.165) is 55.3 Å². The second-order valence-corrected chi connectivity index (χ2v) is 8.83. The van der Waals surface area contributed by atoms with E-state index in [-0.39, 0.29) is 11.9 Å². The molecule has 1 heterocycles. The number of benzene rings is 3. The van der Waals surface area contributed by atoms with Gasteiger partial charge in [0.05, 0.1) is 32.2 Å². The highest BCUT2D eigenvalue weighted by atomic mass is 19.1. The lowest BCUT2D eigenvalue weighted by atomic mass is 9.96. The third-order valence-electron chi connectivity index (χ3n) is 6.32. The lowest BCUT2D eigenvalue weighted by Crippen LogP contribution is -2.47. The predicted octanol–water partition coefficient (Wildman–Crippen LogP) is 1.79. The van der Waals surface area contributed by atoms with Gasteiger partial charge in [0.2, 0.25) is 0 Å². The Hall–Kier alpha value is -4.21. The number of piperazine rings is 1. The van der Waals surface area contributed by atoms with Gasteiger partial charge >= 0.3 is 0 Å². The van der Waals surface area contributed by atoms with E-state index >= 15 is 0 Å². The van der Waals surface area contributed by atoms with Crippen LogP contribution in [0.25, 0.3) is 0 Å². The smallest absolute Gasteiger partial charge is 0.127 e. The quantitative estimate of drug-likeness (QED) is 0.383. The molecule has 0 aliphatic carbocycles. The van der Waals surface area contributed by atoms with E-state index < -0.39 is 11.9 Å².